The highest BCUT2D eigenvalue weighted by Crippen LogP contribution is 2.54. The van der Waals surface area contributed by atoms with E-state index in [1.165, 1.54) is 76.3 Å². The van der Waals surface area contributed by atoms with Gasteiger partial charge in [0.1, 0.15) is 0 Å². The molecule has 4 rings (SSSR count). The first kappa shape index (κ1) is 20.3. The molecule has 3 aliphatic carbocycles. The predicted molar refractivity (Wildman–Crippen MR) is 107 cm³/mol. The number of hydrogen-bond donors (Lipinski definition) is 0. The van der Waals surface area contributed by atoms with E-state index in [4.69, 9.17) is 0 Å². The highest BCUT2D eigenvalue weighted by atomic mass is 19.2. The molecule has 1 aromatic rings. The average Bonchev–Trinajstić information content (AvgIpc) is 2.70. The van der Waals surface area contributed by atoms with Crippen LogP contribution in [0.3, 0.4) is 0 Å². The number of rotatable bonds is 5. The van der Waals surface area contributed by atoms with Gasteiger partial charge in [-0.2, -0.15) is 0 Å². The van der Waals surface area contributed by atoms with E-state index in [-0.39, 0.29) is 0 Å². The third kappa shape index (κ3) is 4.28. The van der Waals surface area contributed by atoms with Crippen LogP contribution in [0.1, 0.15) is 83.1 Å². The first-order chi connectivity index (χ1) is 13.5. The van der Waals surface area contributed by atoms with Crippen LogP contribution in [-0.2, 0) is 6.42 Å². The molecule has 0 spiro atoms. The highest BCUT2D eigenvalue weighted by molar-refractivity contribution is 5.19. The maximum Gasteiger partial charge on any atom is 0.194 e. The zero-order valence-electron chi connectivity index (χ0n) is 17.2. The van der Waals surface area contributed by atoms with Crippen LogP contribution in [0, 0.1) is 53.0 Å². The van der Waals surface area contributed by atoms with Crippen LogP contribution < -0.4 is 0 Å². The van der Waals surface area contributed by atoms with Crippen molar-refractivity contribution >= 4 is 0 Å². The quantitative estimate of drug-likeness (QED) is 0.450. The molecule has 0 aliphatic heterocycles. The van der Waals surface area contributed by atoms with Crippen LogP contribution in [-0.4, -0.2) is 0 Å². The summed E-state index contributed by atoms with van der Waals surface area (Å²) in [6, 6.07) is 2.34. The van der Waals surface area contributed by atoms with Gasteiger partial charge in [-0.25, -0.2) is 13.2 Å². The van der Waals surface area contributed by atoms with Crippen molar-refractivity contribution in [3.05, 3.63) is 35.1 Å². The summed E-state index contributed by atoms with van der Waals surface area (Å²) >= 11 is 0. The summed E-state index contributed by atoms with van der Waals surface area (Å²) in [7, 11) is 0. The molecule has 28 heavy (non-hydrogen) atoms. The first-order valence-corrected chi connectivity index (χ1v) is 11.7. The van der Waals surface area contributed by atoms with Crippen molar-refractivity contribution in [1.29, 1.82) is 0 Å². The number of hydrogen-bond acceptors (Lipinski definition) is 0. The number of fused-ring (bicyclic) bond motifs is 3. The molecule has 0 saturated heterocycles. The van der Waals surface area contributed by atoms with Gasteiger partial charge in [-0.3, -0.25) is 0 Å². The smallest absolute Gasteiger partial charge is 0.194 e. The largest absolute Gasteiger partial charge is 0.204 e. The lowest BCUT2D eigenvalue weighted by molar-refractivity contribution is -0.00405. The Morgan fingerprint density at radius 3 is 1.82 bits per heavy atom. The Balaban J connectivity index is 1.30. The Labute approximate surface area is 168 Å². The third-order valence-corrected chi connectivity index (χ3v) is 8.34. The SMILES string of the molecule is CCCC1CCC2C(CCC3CC(CCc4cc(F)c(F)c(F)c4)CCC32)C1. The van der Waals surface area contributed by atoms with Crippen LogP contribution in [0.2, 0.25) is 0 Å². The van der Waals surface area contributed by atoms with Crippen molar-refractivity contribution in [1.82, 2.24) is 0 Å². The zero-order valence-corrected chi connectivity index (χ0v) is 17.2. The molecule has 1 aromatic carbocycles. The van der Waals surface area contributed by atoms with E-state index in [0.717, 1.165) is 36.0 Å². The summed E-state index contributed by atoms with van der Waals surface area (Å²) in [5.74, 6) is 1.91. The van der Waals surface area contributed by atoms with Gasteiger partial charge in [0.15, 0.2) is 17.5 Å². The van der Waals surface area contributed by atoms with Crippen molar-refractivity contribution in [2.24, 2.45) is 35.5 Å². The maximum absolute atomic E-state index is 13.4. The van der Waals surface area contributed by atoms with Crippen LogP contribution in [0.25, 0.3) is 0 Å². The van der Waals surface area contributed by atoms with Crippen LogP contribution in [0.15, 0.2) is 12.1 Å². The molecule has 3 heteroatoms. The van der Waals surface area contributed by atoms with Crippen molar-refractivity contribution in [3.63, 3.8) is 0 Å². The van der Waals surface area contributed by atoms with Gasteiger partial charge in [0.05, 0.1) is 0 Å². The summed E-state index contributed by atoms with van der Waals surface area (Å²) in [4.78, 5) is 0. The monoisotopic (exact) mass is 392 g/mol. The van der Waals surface area contributed by atoms with Crippen molar-refractivity contribution in [2.75, 3.05) is 0 Å². The van der Waals surface area contributed by atoms with Gasteiger partial charge in [0.2, 0.25) is 0 Å². The molecular weight excluding hydrogens is 357 g/mol. The fourth-order valence-corrected chi connectivity index (χ4v) is 7.04. The van der Waals surface area contributed by atoms with E-state index in [2.05, 4.69) is 6.92 Å². The van der Waals surface area contributed by atoms with E-state index < -0.39 is 17.5 Å². The molecule has 3 aliphatic rings. The molecule has 3 fully saturated rings. The standard InChI is InChI=1S/C25H35F3/c1-2-3-16-6-10-21-19(12-16)8-9-20-13-17(7-11-22(20)21)4-5-18-14-23(26)25(28)24(27)15-18/h14-17,19-22H,2-13H2,1H3. The van der Waals surface area contributed by atoms with Gasteiger partial charge in [0, 0.05) is 0 Å². The van der Waals surface area contributed by atoms with Crippen LogP contribution >= 0.6 is 0 Å². The summed E-state index contributed by atoms with van der Waals surface area (Å²) in [6.07, 6.45) is 15.5. The Morgan fingerprint density at radius 2 is 1.29 bits per heavy atom. The van der Waals surface area contributed by atoms with Gasteiger partial charge in [-0.05, 0) is 105 Å². The van der Waals surface area contributed by atoms with Crippen LogP contribution in [0.5, 0.6) is 0 Å². The Bertz CT molecular complexity index is 647. The van der Waals surface area contributed by atoms with E-state index in [1.807, 2.05) is 0 Å². The summed E-state index contributed by atoms with van der Waals surface area (Å²) < 4.78 is 40.0. The van der Waals surface area contributed by atoms with E-state index >= 15 is 0 Å². The highest BCUT2D eigenvalue weighted by Gasteiger charge is 2.44. The minimum Gasteiger partial charge on any atom is -0.204 e. The van der Waals surface area contributed by atoms with Gasteiger partial charge in [-0.15, -0.1) is 0 Å². The molecule has 0 amide bonds. The second-order valence-electron chi connectivity index (χ2n) is 9.98. The summed E-state index contributed by atoms with van der Waals surface area (Å²) in [5, 5.41) is 0. The normalized spacial score (nSPS) is 35.3. The van der Waals surface area contributed by atoms with Crippen molar-refractivity contribution in [3.8, 4) is 0 Å². The van der Waals surface area contributed by atoms with Crippen LogP contribution in [0.4, 0.5) is 13.2 Å². The maximum atomic E-state index is 13.4. The average molecular weight is 393 g/mol. The van der Waals surface area contributed by atoms with Gasteiger partial charge in [0.25, 0.3) is 0 Å². The minimum absolute atomic E-state index is 0.594. The molecule has 156 valence electrons. The lowest BCUT2D eigenvalue weighted by atomic mass is 9.55. The molecule has 6 unspecified atom stereocenters. The van der Waals surface area contributed by atoms with Gasteiger partial charge in [-0.1, -0.05) is 32.6 Å². The minimum atomic E-state index is -1.35. The first-order valence-electron chi connectivity index (χ1n) is 11.7. The molecule has 0 radical (unpaired) electrons. The second kappa shape index (κ2) is 8.79. The fraction of sp³-hybridized carbons (Fsp3) is 0.760. The molecule has 3 saturated carbocycles. The van der Waals surface area contributed by atoms with Crippen molar-refractivity contribution in [2.45, 2.75) is 84.0 Å². The number of benzene rings is 1. The lowest BCUT2D eigenvalue weighted by Crippen LogP contribution is -2.41. The number of aryl methyl sites for hydroxylation is 1. The van der Waals surface area contributed by atoms with Gasteiger partial charge < -0.3 is 0 Å². The molecule has 0 bridgehead atoms. The molecule has 0 nitrogen and oxygen atoms in total. The topological polar surface area (TPSA) is 0 Å². The molecular formula is C25H35F3. The summed E-state index contributed by atoms with van der Waals surface area (Å²) in [5.41, 5.74) is 0.594. The molecule has 6 atom stereocenters. The second-order valence-corrected chi connectivity index (χ2v) is 9.98. The lowest BCUT2D eigenvalue weighted by Gasteiger charge is -2.51. The summed E-state index contributed by atoms with van der Waals surface area (Å²) in [6.45, 7) is 2.32. The van der Waals surface area contributed by atoms with E-state index in [9.17, 15) is 13.2 Å². The third-order valence-electron chi connectivity index (χ3n) is 8.34. The van der Waals surface area contributed by atoms with E-state index in [1.54, 1.807) is 0 Å². The Hall–Kier alpha value is -0.990. The van der Waals surface area contributed by atoms with Crippen molar-refractivity contribution < 1.29 is 13.2 Å². The number of halogens is 3. The van der Waals surface area contributed by atoms with E-state index in [0.29, 0.717) is 17.9 Å². The van der Waals surface area contributed by atoms with Gasteiger partial charge >= 0.3 is 0 Å². The Morgan fingerprint density at radius 1 is 0.750 bits per heavy atom. The fourth-order valence-electron chi connectivity index (χ4n) is 7.04. The zero-order chi connectivity index (χ0) is 19.7. The predicted octanol–water partition coefficient (Wildman–Crippen LogP) is 7.70. The Kier molecular flexibility index (Phi) is 6.37. The molecule has 0 heterocycles. The molecule has 0 aromatic heterocycles. The molecule has 0 N–H and O–H groups in total.